The van der Waals surface area contributed by atoms with Crippen LogP contribution in [0, 0.1) is 0 Å². The average molecular weight is 386 g/mol. The zero-order valence-corrected chi connectivity index (χ0v) is 15.5. The summed E-state index contributed by atoms with van der Waals surface area (Å²) >= 11 is 0. The molecule has 1 N–H and O–H groups in total. The lowest BCUT2D eigenvalue weighted by Gasteiger charge is -2.12. The number of ether oxygens (including phenoxy) is 2. The van der Waals surface area contributed by atoms with Crippen LogP contribution in [0.2, 0.25) is 0 Å². The molecule has 0 saturated heterocycles. The minimum atomic E-state index is -0.484. The van der Waals surface area contributed by atoms with Gasteiger partial charge in [-0.2, -0.15) is 5.21 Å². The molecule has 1 heterocycles. The highest BCUT2D eigenvalue weighted by atomic mass is 16.5. The van der Waals surface area contributed by atoms with Crippen LogP contribution in [0.3, 0.4) is 0 Å². The predicted molar refractivity (Wildman–Crippen MR) is 106 cm³/mol. The molecule has 4 rings (SSSR count). The van der Waals surface area contributed by atoms with Crippen molar-refractivity contribution in [1.82, 2.24) is 20.6 Å². The van der Waals surface area contributed by atoms with Gasteiger partial charge in [0.2, 0.25) is 5.82 Å². The Kier molecular flexibility index (Phi) is 5.57. The van der Waals surface area contributed by atoms with Crippen LogP contribution < -0.4 is 4.74 Å². The molecule has 1 aromatic heterocycles. The van der Waals surface area contributed by atoms with E-state index in [0.717, 1.165) is 11.1 Å². The molecule has 0 aliphatic carbocycles. The second-order valence-electron chi connectivity index (χ2n) is 6.28. The van der Waals surface area contributed by atoms with Gasteiger partial charge >= 0.3 is 5.97 Å². The second-order valence-corrected chi connectivity index (χ2v) is 6.28. The molecule has 0 bridgehead atoms. The van der Waals surface area contributed by atoms with Crippen LogP contribution in [0.1, 0.15) is 21.5 Å². The average Bonchev–Trinajstić information content (AvgIpc) is 3.32. The van der Waals surface area contributed by atoms with E-state index < -0.39 is 5.97 Å². The predicted octanol–water partition coefficient (Wildman–Crippen LogP) is 3.80. The highest BCUT2D eigenvalue weighted by Crippen LogP contribution is 2.26. The summed E-state index contributed by atoms with van der Waals surface area (Å²) < 4.78 is 11.4. The number of hydrogen-bond donors (Lipinski definition) is 1. The summed E-state index contributed by atoms with van der Waals surface area (Å²) in [5.41, 5.74) is 2.84. The largest absolute Gasteiger partial charge is 0.488 e. The molecule has 29 heavy (non-hydrogen) atoms. The first-order valence-corrected chi connectivity index (χ1v) is 9.05. The summed E-state index contributed by atoms with van der Waals surface area (Å²) in [6.07, 6.45) is 0. The minimum absolute atomic E-state index is 0.171. The maximum Gasteiger partial charge on any atom is 0.342 e. The van der Waals surface area contributed by atoms with E-state index in [9.17, 15) is 4.79 Å². The third kappa shape index (κ3) is 4.65. The van der Waals surface area contributed by atoms with Gasteiger partial charge in [0.25, 0.3) is 0 Å². The Labute approximate surface area is 167 Å². The Morgan fingerprint density at radius 1 is 0.862 bits per heavy atom. The van der Waals surface area contributed by atoms with E-state index in [1.165, 1.54) is 0 Å². The van der Waals surface area contributed by atoms with E-state index in [1.54, 1.807) is 18.2 Å². The summed E-state index contributed by atoms with van der Waals surface area (Å²) in [6, 6.07) is 24.4. The van der Waals surface area contributed by atoms with Crippen LogP contribution in [0.5, 0.6) is 5.75 Å². The molecular formula is C22H18N4O3. The minimum Gasteiger partial charge on any atom is -0.488 e. The van der Waals surface area contributed by atoms with Crippen molar-refractivity contribution < 1.29 is 14.3 Å². The smallest absolute Gasteiger partial charge is 0.342 e. The summed E-state index contributed by atoms with van der Waals surface area (Å²) in [5, 5.41) is 13.9. The lowest BCUT2D eigenvalue weighted by molar-refractivity contribution is 0.0467. The van der Waals surface area contributed by atoms with Crippen LogP contribution in [-0.2, 0) is 18.0 Å². The molecule has 0 spiro atoms. The number of benzene rings is 3. The van der Waals surface area contributed by atoms with Crippen molar-refractivity contribution in [3.05, 3.63) is 95.6 Å². The maximum absolute atomic E-state index is 12.8. The highest BCUT2D eigenvalue weighted by Gasteiger charge is 2.17. The summed E-state index contributed by atoms with van der Waals surface area (Å²) in [5.74, 6) is 0.332. The van der Waals surface area contributed by atoms with Crippen LogP contribution in [0.15, 0.2) is 78.9 Å². The van der Waals surface area contributed by atoms with Crippen molar-refractivity contribution in [2.24, 2.45) is 0 Å². The van der Waals surface area contributed by atoms with Crippen molar-refractivity contribution in [2.45, 2.75) is 13.2 Å². The number of aromatic amines is 1. The van der Waals surface area contributed by atoms with E-state index in [2.05, 4.69) is 20.6 Å². The Hall–Kier alpha value is -4.00. The SMILES string of the molecule is O=C(OCc1ccccc1)c1cc(-c2nn[nH]n2)ccc1OCc1ccccc1. The molecule has 7 nitrogen and oxygen atoms in total. The quantitative estimate of drug-likeness (QED) is 0.486. The highest BCUT2D eigenvalue weighted by molar-refractivity contribution is 5.94. The third-order valence-electron chi connectivity index (χ3n) is 4.25. The molecule has 0 amide bonds. The summed E-state index contributed by atoms with van der Waals surface area (Å²) in [7, 11) is 0. The van der Waals surface area contributed by atoms with Crippen LogP contribution in [0.25, 0.3) is 11.4 Å². The first kappa shape index (κ1) is 18.4. The van der Waals surface area contributed by atoms with Gasteiger partial charge in [0.05, 0.1) is 0 Å². The Bertz CT molecular complexity index is 1070. The maximum atomic E-state index is 12.8. The fourth-order valence-corrected chi connectivity index (χ4v) is 2.77. The van der Waals surface area contributed by atoms with E-state index in [-0.39, 0.29) is 6.61 Å². The van der Waals surface area contributed by atoms with Gasteiger partial charge in [-0.3, -0.25) is 0 Å². The molecule has 0 saturated carbocycles. The van der Waals surface area contributed by atoms with Gasteiger partial charge < -0.3 is 9.47 Å². The zero-order chi connectivity index (χ0) is 19.9. The second kappa shape index (κ2) is 8.79. The monoisotopic (exact) mass is 386 g/mol. The fraction of sp³-hybridized carbons (Fsp3) is 0.0909. The number of tetrazole rings is 1. The van der Waals surface area contributed by atoms with Crippen LogP contribution in [-0.4, -0.2) is 26.6 Å². The molecule has 0 aliphatic rings. The number of aromatic nitrogens is 4. The van der Waals surface area contributed by atoms with Crippen molar-refractivity contribution >= 4 is 5.97 Å². The number of carbonyl (C=O) groups is 1. The zero-order valence-electron chi connectivity index (χ0n) is 15.5. The third-order valence-corrected chi connectivity index (χ3v) is 4.25. The van der Waals surface area contributed by atoms with E-state index in [0.29, 0.717) is 29.3 Å². The van der Waals surface area contributed by atoms with Crippen molar-refractivity contribution in [1.29, 1.82) is 0 Å². The van der Waals surface area contributed by atoms with E-state index >= 15 is 0 Å². The number of nitrogens with one attached hydrogen (secondary N) is 1. The van der Waals surface area contributed by atoms with Crippen LogP contribution >= 0.6 is 0 Å². The number of H-pyrrole nitrogens is 1. The molecule has 4 aromatic rings. The number of carbonyl (C=O) groups excluding carboxylic acids is 1. The molecule has 7 heteroatoms. The van der Waals surface area contributed by atoms with Gasteiger partial charge in [0.1, 0.15) is 24.5 Å². The van der Waals surface area contributed by atoms with Gasteiger partial charge in [-0.05, 0) is 34.5 Å². The molecule has 144 valence electrons. The Balaban J connectivity index is 1.57. The molecule has 0 fully saturated rings. The van der Waals surface area contributed by atoms with Gasteiger partial charge in [-0.15, -0.1) is 10.2 Å². The summed E-state index contributed by atoms with van der Waals surface area (Å²) in [4.78, 5) is 12.8. The fourth-order valence-electron chi connectivity index (χ4n) is 2.77. The van der Waals surface area contributed by atoms with Crippen molar-refractivity contribution in [3.63, 3.8) is 0 Å². The number of nitrogens with zero attached hydrogens (tertiary/aromatic N) is 3. The van der Waals surface area contributed by atoms with Crippen molar-refractivity contribution in [3.8, 4) is 17.1 Å². The van der Waals surface area contributed by atoms with Crippen LogP contribution in [0.4, 0.5) is 0 Å². The van der Waals surface area contributed by atoms with Gasteiger partial charge in [0.15, 0.2) is 0 Å². The first-order valence-electron chi connectivity index (χ1n) is 9.05. The van der Waals surface area contributed by atoms with Crippen molar-refractivity contribution in [2.75, 3.05) is 0 Å². The lowest BCUT2D eigenvalue weighted by Crippen LogP contribution is -2.09. The lowest BCUT2D eigenvalue weighted by atomic mass is 10.1. The molecule has 0 aliphatic heterocycles. The first-order chi connectivity index (χ1) is 14.3. The number of esters is 1. The summed E-state index contributed by atoms with van der Waals surface area (Å²) in [6.45, 7) is 0.506. The van der Waals surface area contributed by atoms with Gasteiger partial charge in [-0.25, -0.2) is 4.79 Å². The standard InChI is InChI=1S/C22H18N4O3/c27-22(29-15-17-9-5-2-6-10-17)19-13-18(21-23-25-26-24-21)11-12-20(19)28-14-16-7-3-1-4-8-16/h1-13H,14-15H2,(H,23,24,25,26). The molecule has 0 atom stereocenters. The molecule has 0 unspecified atom stereocenters. The Morgan fingerprint density at radius 3 is 2.21 bits per heavy atom. The molecular weight excluding hydrogens is 368 g/mol. The topological polar surface area (TPSA) is 90.0 Å². The molecule has 3 aromatic carbocycles. The number of rotatable bonds is 7. The molecule has 0 radical (unpaired) electrons. The van der Waals surface area contributed by atoms with Gasteiger partial charge in [-0.1, -0.05) is 60.7 Å². The normalized spacial score (nSPS) is 10.5. The van der Waals surface area contributed by atoms with Gasteiger partial charge in [0, 0.05) is 5.56 Å². The Morgan fingerprint density at radius 2 is 1.55 bits per heavy atom. The number of hydrogen-bond acceptors (Lipinski definition) is 6. The van der Waals surface area contributed by atoms with E-state index in [4.69, 9.17) is 9.47 Å². The van der Waals surface area contributed by atoms with E-state index in [1.807, 2.05) is 60.7 Å².